The topological polar surface area (TPSA) is 15.3 Å². The Labute approximate surface area is 107 Å². The Morgan fingerprint density at radius 3 is 2.41 bits per heavy atom. The van der Waals surface area contributed by atoms with E-state index in [4.69, 9.17) is 0 Å². The SMILES string of the molecule is CCCN(CCNC1CCCCC1)CC1CC1. The molecule has 0 amide bonds. The highest BCUT2D eigenvalue weighted by atomic mass is 15.1. The lowest BCUT2D eigenvalue weighted by Gasteiger charge is -2.26. The van der Waals surface area contributed by atoms with Gasteiger partial charge in [-0.05, 0) is 44.6 Å². The molecule has 0 unspecified atom stereocenters. The first-order chi connectivity index (χ1) is 8.38. The van der Waals surface area contributed by atoms with Crippen LogP contribution >= 0.6 is 0 Å². The maximum Gasteiger partial charge on any atom is 0.0107 e. The highest BCUT2D eigenvalue weighted by Crippen LogP contribution is 2.29. The van der Waals surface area contributed by atoms with E-state index in [2.05, 4.69) is 17.1 Å². The molecule has 0 aliphatic heterocycles. The van der Waals surface area contributed by atoms with Crippen molar-refractivity contribution in [2.45, 2.75) is 64.3 Å². The largest absolute Gasteiger partial charge is 0.313 e. The number of rotatable bonds is 8. The van der Waals surface area contributed by atoms with Crippen molar-refractivity contribution in [1.82, 2.24) is 10.2 Å². The first-order valence-corrected chi connectivity index (χ1v) is 7.84. The van der Waals surface area contributed by atoms with Crippen LogP contribution in [0.15, 0.2) is 0 Å². The van der Waals surface area contributed by atoms with Crippen molar-refractivity contribution in [2.75, 3.05) is 26.2 Å². The van der Waals surface area contributed by atoms with Gasteiger partial charge in [0.1, 0.15) is 0 Å². The zero-order chi connectivity index (χ0) is 11.9. The van der Waals surface area contributed by atoms with Gasteiger partial charge in [0.25, 0.3) is 0 Å². The summed E-state index contributed by atoms with van der Waals surface area (Å²) in [5.74, 6) is 1.04. The predicted molar refractivity (Wildman–Crippen MR) is 74.3 cm³/mol. The summed E-state index contributed by atoms with van der Waals surface area (Å²) in [7, 11) is 0. The van der Waals surface area contributed by atoms with Gasteiger partial charge in [0.2, 0.25) is 0 Å². The van der Waals surface area contributed by atoms with E-state index < -0.39 is 0 Å². The maximum atomic E-state index is 3.76. The van der Waals surface area contributed by atoms with E-state index in [1.165, 1.54) is 77.5 Å². The van der Waals surface area contributed by atoms with E-state index in [0.717, 1.165) is 12.0 Å². The molecule has 2 fully saturated rings. The van der Waals surface area contributed by atoms with Crippen LogP contribution in [-0.4, -0.2) is 37.1 Å². The van der Waals surface area contributed by atoms with Gasteiger partial charge < -0.3 is 10.2 Å². The quantitative estimate of drug-likeness (QED) is 0.699. The van der Waals surface area contributed by atoms with E-state index >= 15 is 0 Å². The summed E-state index contributed by atoms with van der Waals surface area (Å²) >= 11 is 0. The van der Waals surface area contributed by atoms with E-state index in [0.29, 0.717) is 0 Å². The van der Waals surface area contributed by atoms with Crippen molar-refractivity contribution in [1.29, 1.82) is 0 Å². The van der Waals surface area contributed by atoms with Gasteiger partial charge in [-0.25, -0.2) is 0 Å². The zero-order valence-electron chi connectivity index (χ0n) is 11.6. The van der Waals surface area contributed by atoms with Crippen molar-refractivity contribution < 1.29 is 0 Å². The van der Waals surface area contributed by atoms with Gasteiger partial charge in [-0.15, -0.1) is 0 Å². The third-order valence-electron chi connectivity index (χ3n) is 4.22. The molecule has 0 atom stereocenters. The predicted octanol–water partition coefficient (Wildman–Crippen LogP) is 3.03. The maximum absolute atomic E-state index is 3.76. The monoisotopic (exact) mass is 238 g/mol. The van der Waals surface area contributed by atoms with Crippen molar-refractivity contribution >= 4 is 0 Å². The molecule has 1 N–H and O–H groups in total. The third-order valence-corrected chi connectivity index (χ3v) is 4.22. The smallest absolute Gasteiger partial charge is 0.0107 e. The molecule has 0 spiro atoms. The molecule has 0 heterocycles. The van der Waals surface area contributed by atoms with Crippen molar-refractivity contribution in [2.24, 2.45) is 5.92 Å². The molecule has 2 rings (SSSR count). The molecule has 2 nitrogen and oxygen atoms in total. The fraction of sp³-hybridized carbons (Fsp3) is 1.00. The minimum Gasteiger partial charge on any atom is -0.313 e. The van der Waals surface area contributed by atoms with Gasteiger partial charge in [0.15, 0.2) is 0 Å². The number of nitrogens with zero attached hydrogens (tertiary/aromatic N) is 1. The highest BCUT2D eigenvalue weighted by Gasteiger charge is 2.23. The summed E-state index contributed by atoms with van der Waals surface area (Å²) in [5, 5.41) is 3.76. The second-order valence-corrected chi connectivity index (χ2v) is 6.03. The van der Waals surface area contributed by atoms with Gasteiger partial charge in [0.05, 0.1) is 0 Å². The molecule has 0 aromatic carbocycles. The lowest BCUT2D eigenvalue weighted by molar-refractivity contribution is 0.253. The summed E-state index contributed by atoms with van der Waals surface area (Å²) in [6.45, 7) is 7.43. The fourth-order valence-corrected chi connectivity index (χ4v) is 3.01. The molecule has 2 heteroatoms. The normalized spacial score (nSPS) is 22.2. The molecule has 2 aliphatic rings. The van der Waals surface area contributed by atoms with Crippen LogP contribution in [0.1, 0.15) is 58.3 Å². The molecular formula is C15H30N2. The van der Waals surface area contributed by atoms with E-state index in [1.807, 2.05) is 0 Å². The average Bonchev–Trinajstić information content (AvgIpc) is 3.15. The van der Waals surface area contributed by atoms with E-state index in [-0.39, 0.29) is 0 Å². The summed E-state index contributed by atoms with van der Waals surface area (Å²) in [6.07, 6.45) is 11.4. The Balaban J connectivity index is 1.56. The minimum atomic E-state index is 0.827. The Morgan fingerprint density at radius 2 is 1.76 bits per heavy atom. The molecule has 0 radical (unpaired) electrons. The summed E-state index contributed by atoms with van der Waals surface area (Å²) in [4.78, 5) is 2.67. The van der Waals surface area contributed by atoms with E-state index in [1.54, 1.807) is 0 Å². The Bertz CT molecular complexity index is 195. The standard InChI is InChI=1S/C15H30N2/c1-2-11-17(13-14-8-9-14)12-10-16-15-6-4-3-5-7-15/h14-16H,2-13H2,1H3. The fourth-order valence-electron chi connectivity index (χ4n) is 3.01. The van der Waals surface area contributed by atoms with Gasteiger partial charge in [-0.1, -0.05) is 26.2 Å². The summed E-state index contributed by atoms with van der Waals surface area (Å²) < 4.78 is 0. The van der Waals surface area contributed by atoms with Crippen LogP contribution in [0.3, 0.4) is 0 Å². The van der Waals surface area contributed by atoms with Crippen LogP contribution in [0.5, 0.6) is 0 Å². The first-order valence-electron chi connectivity index (χ1n) is 7.84. The molecule has 0 aromatic rings. The van der Waals surface area contributed by atoms with Gasteiger partial charge in [0, 0.05) is 25.7 Å². The number of hydrogen-bond donors (Lipinski definition) is 1. The molecule has 2 saturated carbocycles. The van der Waals surface area contributed by atoms with Crippen LogP contribution in [0.2, 0.25) is 0 Å². The van der Waals surface area contributed by atoms with Crippen LogP contribution in [0.4, 0.5) is 0 Å². The van der Waals surface area contributed by atoms with Gasteiger partial charge >= 0.3 is 0 Å². The second-order valence-electron chi connectivity index (χ2n) is 6.03. The van der Waals surface area contributed by atoms with Crippen molar-refractivity contribution in [3.05, 3.63) is 0 Å². The lowest BCUT2D eigenvalue weighted by Crippen LogP contribution is -2.39. The lowest BCUT2D eigenvalue weighted by atomic mass is 9.95. The molecule has 2 aliphatic carbocycles. The molecule has 0 aromatic heterocycles. The third kappa shape index (κ3) is 5.39. The van der Waals surface area contributed by atoms with Crippen LogP contribution in [0.25, 0.3) is 0 Å². The minimum absolute atomic E-state index is 0.827. The molecule has 0 saturated heterocycles. The second kappa shape index (κ2) is 7.38. The Hall–Kier alpha value is -0.0800. The summed E-state index contributed by atoms with van der Waals surface area (Å²) in [6, 6.07) is 0.827. The highest BCUT2D eigenvalue weighted by molar-refractivity contribution is 4.78. The summed E-state index contributed by atoms with van der Waals surface area (Å²) in [5.41, 5.74) is 0. The van der Waals surface area contributed by atoms with Crippen molar-refractivity contribution in [3.8, 4) is 0 Å². The van der Waals surface area contributed by atoms with Gasteiger partial charge in [-0.3, -0.25) is 0 Å². The van der Waals surface area contributed by atoms with Gasteiger partial charge in [-0.2, -0.15) is 0 Å². The molecule has 0 bridgehead atoms. The van der Waals surface area contributed by atoms with Crippen molar-refractivity contribution in [3.63, 3.8) is 0 Å². The molecular weight excluding hydrogens is 208 g/mol. The Kier molecular flexibility index (Phi) is 5.79. The van der Waals surface area contributed by atoms with Crippen LogP contribution in [-0.2, 0) is 0 Å². The zero-order valence-corrected chi connectivity index (χ0v) is 11.6. The molecule has 17 heavy (non-hydrogen) atoms. The van der Waals surface area contributed by atoms with Crippen LogP contribution in [0, 0.1) is 5.92 Å². The Morgan fingerprint density at radius 1 is 1.00 bits per heavy atom. The van der Waals surface area contributed by atoms with E-state index in [9.17, 15) is 0 Å². The first kappa shape index (κ1) is 13.4. The number of hydrogen-bond acceptors (Lipinski definition) is 2. The average molecular weight is 238 g/mol. The van der Waals surface area contributed by atoms with Crippen LogP contribution < -0.4 is 5.32 Å². The number of nitrogens with one attached hydrogen (secondary N) is 1. The molecule has 100 valence electrons.